The third kappa shape index (κ3) is 5.55. The first kappa shape index (κ1) is 17.7. The van der Waals surface area contributed by atoms with Crippen LogP contribution in [-0.4, -0.2) is 33.4 Å². The molecule has 0 aliphatic rings. The average molecular weight is 315 g/mol. The third-order valence-electron chi connectivity index (χ3n) is 2.55. The van der Waals surface area contributed by atoms with E-state index in [1.54, 1.807) is 0 Å². The second kappa shape index (κ2) is 8.16. The van der Waals surface area contributed by atoms with Gasteiger partial charge in [-0.15, -0.1) is 4.73 Å². The Hall–Kier alpha value is -2.38. The first-order chi connectivity index (χ1) is 10.3. The minimum Gasteiger partial charge on any atom is -0.492 e. The van der Waals surface area contributed by atoms with Gasteiger partial charge in [0.1, 0.15) is 0 Å². The SMILES string of the molecule is CCCC(OC(=O)CC(C)C)OC(=O)On1c(O)ccc1O. The average Bonchev–Trinajstić information content (AvgIpc) is 2.69. The zero-order valence-electron chi connectivity index (χ0n) is 12.8. The molecule has 1 heterocycles. The molecule has 2 N–H and O–H groups in total. The highest BCUT2D eigenvalue weighted by Gasteiger charge is 2.22. The summed E-state index contributed by atoms with van der Waals surface area (Å²) in [6, 6.07) is 2.27. The molecular formula is C14H21NO7. The van der Waals surface area contributed by atoms with Gasteiger partial charge in [-0.05, 0) is 12.3 Å². The molecule has 0 aliphatic carbocycles. The van der Waals surface area contributed by atoms with Crippen LogP contribution in [0.3, 0.4) is 0 Å². The quantitative estimate of drug-likeness (QED) is 0.586. The minimum absolute atomic E-state index is 0.121. The fourth-order valence-electron chi connectivity index (χ4n) is 1.60. The van der Waals surface area contributed by atoms with Crippen LogP contribution in [0.5, 0.6) is 11.8 Å². The molecule has 0 saturated heterocycles. The normalized spacial score (nSPS) is 12.0. The molecule has 1 rings (SSSR count). The summed E-state index contributed by atoms with van der Waals surface area (Å²) in [5.74, 6) is -1.31. The first-order valence-corrected chi connectivity index (χ1v) is 7.01. The van der Waals surface area contributed by atoms with Gasteiger partial charge in [-0.3, -0.25) is 9.63 Å². The highest BCUT2D eigenvalue weighted by atomic mass is 16.9. The molecule has 0 fully saturated rings. The molecule has 0 saturated carbocycles. The van der Waals surface area contributed by atoms with Gasteiger partial charge in [0.05, 0.1) is 0 Å². The topological polar surface area (TPSA) is 107 Å². The van der Waals surface area contributed by atoms with Gasteiger partial charge in [0, 0.05) is 25.0 Å². The van der Waals surface area contributed by atoms with Crippen LogP contribution < -0.4 is 4.84 Å². The van der Waals surface area contributed by atoms with Crippen LogP contribution in [0.2, 0.25) is 0 Å². The van der Waals surface area contributed by atoms with Crippen molar-refractivity contribution in [1.82, 2.24) is 4.73 Å². The Bertz CT molecular complexity index is 490. The molecule has 1 aromatic rings. The van der Waals surface area contributed by atoms with Crippen molar-refractivity contribution in [1.29, 1.82) is 0 Å². The van der Waals surface area contributed by atoms with Gasteiger partial charge in [0.25, 0.3) is 6.29 Å². The molecule has 0 amide bonds. The van der Waals surface area contributed by atoms with Gasteiger partial charge in [-0.2, -0.15) is 0 Å². The molecule has 0 bridgehead atoms. The van der Waals surface area contributed by atoms with Gasteiger partial charge in [-0.25, -0.2) is 4.79 Å². The van der Waals surface area contributed by atoms with Crippen LogP contribution in [0, 0.1) is 5.92 Å². The molecule has 8 nitrogen and oxygen atoms in total. The van der Waals surface area contributed by atoms with Crippen LogP contribution in [0.25, 0.3) is 0 Å². The molecule has 0 spiro atoms. The number of hydrogen-bond donors (Lipinski definition) is 2. The zero-order valence-corrected chi connectivity index (χ0v) is 12.8. The van der Waals surface area contributed by atoms with Crippen LogP contribution in [0.4, 0.5) is 4.79 Å². The van der Waals surface area contributed by atoms with Crippen LogP contribution in [0.1, 0.15) is 40.0 Å². The summed E-state index contributed by atoms with van der Waals surface area (Å²) in [7, 11) is 0. The summed E-state index contributed by atoms with van der Waals surface area (Å²) in [6.07, 6.45) is -1.16. The van der Waals surface area contributed by atoms with E-state index < -0.39 is 30.2 Å². The fourth-order valence-corrected chi connectivity index (χ4v) is 1.60. The molecule has 124 valence electrons. The number of rotatable bonds is 7. The lowest BCUT2D eigenvalue weighted by Crippen LogP contribution is -2.29. The Morgan fingerprint density at radius 1 is 1.18 bits per heavy atom. The lowest BCUT2D eigenvalue weighted by Gasteiger charge is -2.18. The number of ether oxygens (including phenoxy) is 2. The van der Waals surface area contributed by atoms with E-state index in [1.807, 2.05) is 20.8 Å². The smallest absolute Gasteiger partial charge is 0.492 e. The molecular weight excluding hydrogens is 294 g/mol. The van der Waals surface area contributed by atoms with Gasteiger partial charge in [0.15, 0.2) is 0 Å². The lowest BCUT2D eigenvalue weighted by molar-refractivity contribution is -0.173. The number of nitrogens with zero attached hydrogens (tertiary/aromatic N) is 1. The Balaban J connectivity index is 2.58. The summed E-state index contributed by atoms with van der Waals surface area (Å²) in [6.45, 7) is 5.56. The summed E-state index contributed by atoms with van der Waals surface area (Å²) < 4.78 is 10.4. The van der Waals surface area contributed by atoms with Gasteiger partial charge < -0.3 is 19.7 Å². The Morgan fingerprint density at radius 2 is 1.77 bits per heavy atom. The van der Waals surface area contributed by atoms with Crippen LogP contribution in [-0.2, 0) is 14.3 Å². The second-order valence-corrected chi connectivity index (χ2v) is 5.11. The number of carbonyl (C=O) groups is 2. The van der Waals surface area contributed by atoms with Crippen molar-refractivity contribution in [3.05, 3.63) is 12.1 Å². The summed E-state index contributed by atoms with van der Waals surface area (Å²) >= 11 is 0. The first-order valence-electron chi connectivity index (χ1n) is 7.01. The fraction of sp³-hybridized carbons (Fsp3) is 0.571. The van der Waals surface area contributed by atoms with E-state index in [-0.39, 0.29) is 12.3 Å². The summed E-state index contributed by atoms with van der Waals surface area (Å²) in [4.78, 5) is 27.9. The van der Waals surface area contributed by atoms with Gasteiger partial charge >= 0.3 is 12.1 Å². The van der Waals surface area contributed by atoms with E-state index in [1.165, 1.54) is 0 Å². The molecule has 0 radical (unpaired) electrons. The van der Waals surface area contributed by atoms with Crippen molar-refractivity contribution in [3.8, 4) is 11.8 Å². The van der Waals surface area contributed by atoms with E-state index in [9.17, 15) is 19.8 Å². The molecule has 1 aromatic heterocycles. The Morgan fingerprint density at radius 3 is 2.27 bits per heavy atom. The summed E-state index contributed by atoms with van der Waals surface area (Å²) in [5, 5.41) is 18.7. The zero-order chi connectivity index (χ0) is 16.7. The molecule has 1 atom stereocenters. The monoisotopic (exact) mass is 315 g/mol. The van der Waals surface area contributed by atoms with E-state index >= 15 is 0 Å². The van der Waals surface area contributed by atoms with E-state index in [0.29, 0.717) is 17.6 Å². The second-order valence-electron chi connectivity index (χ2n) is 5.11. The molecule has 0 aromatic carbocycles. The van der Waals surface area contributed by atoms with Crippen LogP contribution >= 0.6 is 0 Å². The standard InChI is InChI=1S/C14H21NO7/c1-4-5-13(20-12(18)8-9(2)3)21-14(19)22-15-10(16)6-7-11(15)17/h6-7,9,13,16-17H,4-5,8H2,1-3H3. The lowest BCUT2D eigenvalue weighted by atomic mass is 10.1. The minimum atomic E-state index is -1.21. The van der Waals surface area contributed by atoms with E-state index in [4.69, 9.17) is 9.47 Å². The maximum absolute atomic E-state index is 11.6. The summed E-state index contributed by atoms with van der Waals surface area (Å²) in [5.41, 5.74) is 0. The maximum atomic E-state index is 11.6. The number of aromatic hydroxyl groups is 2. The highest BCUT2D eigenvalue weighted by Crippen LogP contribution is 2.19. The van der Waals surface area contributed by atoms with E-state index in [0.717, 1.165) is 12.1 Å². The number of hydrogen-bond acceptors (Lipinski definition) is 7. The molecule has 1 unspecified atom stereocenters. The predicted molar refractivity (Wildman–Crippen MR) is 75.1 cm³/mol. The van der Waals surface area contributed by atoms with Gasteiger partial charge in [-0.1, -0.05) is 20.8 Å². The molecule has 22 heavy (non-hydrogen) atoms. The van der Waals surface area contributed by atoms with Crippen molar-refractivity contribution in [3.63, 3.8) is 0 Å². The highest BCUT2D eigenvalue weighted by molar-refractivity contribution is 5.70. The largest absolute Gasteiger partial charge is 0.537 e. The number of carbonyl (C=O) groups excluding carboxylic acids is 2. The number of aromatic nitrogens is 1. The predicted octanol–water partition coefficient (Wildman–Crippen LogP) is 2.18. The number of esters is 1. The maximum Gasteiger partial charge on any atom is 0.537 e. The van der Waals surface area contributed by atoms with Crippen molar-refractivity contribution in [2.75, 3.05) is 0 Å². The third-order valence-corrected chi connectivity index (χ3v) is 2.55. The van der Waals surface area contributed by atoms with Crippen molar-refractivity contribution >= 4 is 12.1 Å². The van der Waals surface area contributed by atoms with Gasteiger partial charge in [0.2, 0.25) is 11.8 Å². The van der Waals surface area contributed by atoms with Crippen molar-refractivity contribution in [2.45, 2.75) is 46.3 Å². The van der Waals surface area contributed by atoms with Crippen molar-refractivity contribution in [2.24, 2.45) is 5.92 Å². The molecule has 0 aliphatic heterocycles. The Kier molecular flexibility index (Phi) is 6.55. The van der Waals surface area contributed by atoms with Crippen LogP contribution in [0.15, 0.2) is 12.1 Å². The van der Waals surface area contributed by atoms with Crippen molar-refractivity contribution < 1.29 is 34.1 Å². The van der Waals surface area contributed by atoms with E-state index in [2.05, 4.69) is 4.84 Å². The Labute approximate surface area is 128 Å². The molecule has 8 heteroatoms.